The van der Waals surface area contributed by atoms with E-state index in [0.29, 0.717) is 41.0 Å². The highest BCUT2D eigenvalue weighted by molar-refractivity contribution is 6.09. The Balaban J connectivity index is 1.32. The van der Waals surface area contributed by atoms with Gasteiger partial charge in [-0.05, 0) is 60.9 Å². The molecule has 1 heterocycles. The van der Waals surface area contributed by atoms with Gasteiger partial charge in [-0.1, -0.05) is 36.4 Å². The van der Waals surface area contributed by atoms with Gasteiger partial charge < -0.3 is 4.42 Å². The maximum atomic E-state index is 13.1. The Morgan fingerprint density at radius 2 is 1.59 bits per heavy atom. The highest BCUT2D eigenvalue weighted by atomic mass is 19.1. The summed E-state index contributed by atoms with van der Waals surface area (Å²) in [7, 11) is 0. The number of carbonyl (C=O) groups excluding carboxylic acids is 3. The Morgan fingerprint density at radius 1 is 0.865 bits per heavy atom. The molecule has 8 nitrogen and oxygen atoms in total. The SMILES string of the molecule is Cc1c(C(=O)NNC(=O)c2ccc(F)cc2)oc2c1/C(=N/NC(=O)c1cccc3ccccc13)CCC2. The van der Waals surface area contributed by atoms with Crippen LogP contribution in [0.25, 0.3) is 10.8 Å². The van der Waals surface area contributed by atoms with E-state index in [1.165, 1.54) is 12.1 Å². The molecule has 0 spiro atoms. The minimum atomic E-state index is -0.637. The fourth-order valence-electron chi connectivity index (χ4n) is 4.44. The average Bonchev–Trinajstić information content (AvgIpc) is 3.27. The van der Waals surface area contributed by atoms with Crippen LogP contribution in [0.2, 0.25) is 0 Å². The molecule has 1 aliphatic rings. The lowest BCUT2D eigenvalue weighted by Gasteiger charge is -2.13. The number of hydrogen-bond acceptors (Lipinski definition) is 5. The topological polar surface area (TPSA) is 113 Å². The van der Waals surface area contributed by atoms with Crippen LogP contribution in [0, 0.1) is 12.7 Å². The molecule has 37 heavy (non-hydrogen) atoms. The van der Waals surface area contributed by atoms with Crippen molar-refractivity contribution in [3.63, 3.8) is 0 Å². The van der Waals surface area contributed by atoms with Crippen molar-refractivity contribution >= 4 is 34.2 Å². The van der Waals surface area contributed by atoms with Gasteiger partial charge >= 0.3 is 5.91 Å². The van der Waals surface area contributed by atoms with E-state index in [-0.39, 0.29) is 17.2 Å². The van der Waals surface area contributed by atoms with Gasteiger partial charge in [0.1, 0.15) is 11.6 Å². The first-order valence-corrected chi connectivity index (χ1v) is 11.8. The second-order valence-electron chi connectivity index (χ2n) is 8.65. The van der Waals surface area contributed by atoms with Crippen LogP contribution in [0.15, 0.2) is 76.2 Å². The summed E-state index contributed by atoms with van der Waals surface area (Å²) in [5.74, 6) is -1.40. The third-order valence-electron chi connectivity index (χ3n) is 6.25. The van der Waals surface area contributed by atoms with Crippen LogP contribution in [0.4, 0.5) is 4.39 Å². The number of benzene rings is 3. The molecule has 0 saturated carbocycles. The summed E-state index contributed by atoms with van der Waals surface area (Å²) in [4.78, 5) is 37.9. The minimum absolute atomic E-state index is 0.0411. The van der Waals surface area contributed by atoms with Crippen LogP contribution in [-0.2, 0) is 6.42 Å². The van der Waals surface area contributed by atoms with Crippen molar-refractivity contribution in [3.8, 4) is 0 Å². The number of hydrazone groups is 1. The zero-order chi connectivity index (χ0) is 25.9. The van der Waals surface area contributed by atoms with Crippen LogP contribution >= 0.6 is 0 Å². The molecule has 186 valence electrons. The summed E-state index contributed by atoms with van der Waals surface area (Å²) in [5.41, 5.74) is 9.84. The van der Waals surface area contributed by atoms with E-state index in [1.54, 1.807) is 13.0 Å². The van der Waals surface area contributed by atoms with Crippen molar-refractivity contribution in [2.75, 3.05) is 0 Å². The summed E-state index contributed by atoms with van der Waals surface area (Å²) in [6.45, 7) is 1.73. The number of hydrazine groups is 1. The lowest BCUT2D eigenvalue weighted by molar-refractivity contribution is 0.0829. The lowest BCUT2D eigenvalue weighted by Crippen LogP contribution is -2.41. The Labute approximate surface area is 211 Å². The van der Waals surface area contributed by atoms with Crippen molar-refractivity contribution < 1.29 is 23.2 Å². The Morgan fingerprint density at radius 3 is 2.41 bits per heavy atom. The first-order valence-electron chi connectivity index (χ1n) is 11.8. The van der Waals surface area contributed by atoms with Crippen molar-refractivity contribution in [2.24, 2.45) is 5.10 Å². The molecule has 4 aromatic rings. The fourth-order valence-corrected chi connectivity index (χ4v) is 4.44. The Hall–Kier alpha value is -4.79. The number of amides is 3. The molecule has 3 aromatic carbocycles. The summed E-state index contributed by atoms with van der Waals surface area (Å²) in [6.07, 6.45) is 1.96. The van der Waals surface area contributed by atoms with E-state index in [4.69, 9.17) is 4.42 Å². The molecule has 1 aliphatic carbocycles. The molecule has 0 saturated heterocycles. The first kappa shape index (κ1) is 23.9. The predicted molar refractivity (Wildman–Crippen MR) is 136 cm³/mol. The fraction of sp³-hybridized carbons (Fsp3) is 0.143. The third-order valence-corrected chi connectivity index (χ3v) is 6.25. The zero-order valence-corrected chi connectivity index (χ0v) is 19.9. The summed E-state index contributed by atoms with van der Waals surface area (Å²) >= 11 is 0. The standard InChI is InChI=1S/C28H23FN4O4/c1-16-24-22(30-32-27(35)21-9-4-7-17-6-2-3-8-20(17)21)10-5-11-23(24)37-25(16)28(36)33-31-26(34)18-12-14-19(29)15-13-18/h2-4,6-9,12-15H,5,10-11H2,1H3,(H,31,34)(H,32,35)(H,33,36)/b30-22+. The number of nitrogens with zero attached hydrogens (tertiary/aromatic N) is 1. The maximum Gasteiger partial charge on any atom is 0.305 e. The van der Waals surface area contributed by atoms with E-state index in [0.717, 1.165) is 29.3 Å². The first-order chi connectivity index (χ1) is 17.9. The van der Waals surface area contributed by atoms with Gasteiger partial charge in [0.15, 0.2) is 5.76 Å². The van der Waals surface area contributed by atoms with Crippen molar-refractivity contribution in [2.45, 2.75) is 26.2 Å². The molecule has 0 radical (unpaired) electrons. The number of carbonyl (C=O) groups is 3. The monoisotopic (exact) mass is 498 g/mol. The molecule has 3 amide bonds. The zero-order valence-electron chi connectivity index (χ0n) is 19.9. The van der Waals surface area contributed by atoms with Gasteiger partial charge in [-0.15, -0.1) is 0 Å². The number of aryl methyl sites for hydroxylation is 1. The number of halogens is 1. The van der Waals surface area contributed by atoms with E-state index < -0.39 is 17.6 Å². The van der Waals surface area contributed by atoms with Crippen LogP contribution in [0.1, 0.15) is 61.0 Å². The smallest absolute Gasteiger partial charge is 0.305 e. The minimum Gasteiger partial charge on any atom is -0.455 e. The summed E-state index contributed by atoms with van der Waals surface area (Å²) in [5, 5.41) is 6.17. The van der Waals surface area contributed by atoms with E-state index in [9.17, 15) is 18.8 Å². The van der Waals surface area contributed by atoms with Gasteiger partial charge in [-0.25, -0.2) is 9.82 Å². The summed E-state index contributed by atoms with van der Waals surface area (Å²) < 4.78 is 18.9. The molecule has 5 rings (SSSR count). The van der Waals surface area contributed by atoms with Crippen molar-refractivity contribution in [1.29, 1.82) is 0 Å². The molecule has 3 N–H and O–H groups in total. The van der Waals surface area contributed by atoms with Gasteiger partial charge in [0.05, 0.1) is 5.71 Å². The number of nitrogens with one attached hydrogen (secondary N) is 3. The number of hydrogen-bond donors (Lipinski definition) is 3. The molecule has 0 fully saturated rings. The molecule has 1 aromatic heterocycles. The van der Waals surface area contributed by atoms with Crippen LogP contribution in [-0.4, -0.2) is 23.4 Å². The molecule has 0 aliphatic heterocycles. The molecule has 0 unspecified atom stereocenters. The Bertz CT molecular complexity index is 1550. The molecular weight excluding hydrogens is 475 g/mol. The number of rotatable bonds is 4. The third kappa shape index (κ3) is 4.84. The largest absolute Gasteiger partial charge is 0.455 e. The van der Waals surface area contributed by atoms with E-state index >= 15 is 0 Å². The molecule has 0 atom stereocenters. The van der Waals surface area contributed by atoms with Gasteiger partial charge in [-0.2, -0.15) is 5.10 Å². The van der Waals surface area contributed by atoms with Gasteiger partial charge in [0.25, 0.3) is 11.8 Å². The highest BCUT2D eigenvalue weighted by Gasteiger charge is 2.28. The Kier molecular flexibility index (Phi) is 6.51. The maximum absolute atomic E-state index is 13.1. The van der Waals surface area contributed by atoms with Gasteiger partial charge in [-0.3, -0.25) is 25.2 Å². The average molecular weight is 499 g/mol. The predicted octanol–water partition coefficient (Wildman–Crippen LogP) is 4.43. The molecular formula is C28H23FN4O4. The molecule has 9 heteroatoms. The lowest BCUT2D eigenvalue weighted by atomic mass is 9.93. The van der Waals surface area contributed by atoms with Gasteiger partial charge in [0.2, 0.25) is 0 Å². The van der Waals surface area contributed by atoms with Crippen molar-refractivity contribution in [1.82, 2.24) is 16.3 Å². The van der Waals surface area contributed by atoms with Crippen LogP contribution < -0.4 is 16.3 Å². The number of fused-ring (bicyclic) bond motifs is 2. The quantitative estimate of drug-likeness (QED) is 0.362. The summed E-state index contributed by atoms with van der Waals surface area (Å²) in [6, 6.07) is 18.0. The normalized spacial score (nSPS) is 13.7. The van der Waals surface area contributed by atoms with Crippen LogP contribution in [0.3, 0.4) is 0 Å². The van der Waals surface area contributed by atoms with E-state index in [2.05, 4.69) is 21.4 Å². The second kappa shape index (κ2) is 10.1. The van der Waals surface area contributed by atoms with E-state index in [1.807, 2.05) is 36.4 Å². The van der Waals surface area contributed by atoms with Crippen molar-refractivity contribution in [3.05, 3.63) is 106 Å². The number of furan rings is 1. The highest BCUT2D eigenvalue weighted by Crippen LogP contribution is 2.30. The molecule has 0 bridgehead atoms. The van der Waals surface area contributed by atoms with Gasteiger partial charge in [0, 0.05) is 28.7 Å². The van der Waals surface area contributed by atoms with Crippen LogP contribution in [0.5, 0.6) is 0 Å². The second-order valence-corrected chi connectivity index (χ2v) is 8.65.